The fourth-order valence-electron chi connectivity index (χ4n) is 2.67. The van der Waals surface area contributed by atoms with Gasteiger partial charge in [0, 0.05) is 11.8 Å². The van der Waals surface area contributed by atoms with E-state index in [1.165, 1.54) is 0 Å². The minimum atomic E-state index is -0.245. The van der Waals surface area contributed by atoms with E-state index in [9.17, 15) is 4.79 Å². The second kappa shape index (κ2) is 7.61. The quantitative estimate of drug-likeness (QED) is 0.593. The maximum Gasteiger partial charge on any atom is 0.258 e. The van der Waals surface area contributed by atoms with Gasteiger partial charge >= 0.3 is 0 Å². The molecule has 4 rings (SSSR count). The molecule has 1 N–H and O–H groups in total. The summed E-state index contributed by atoms with van der Waals surface area (Å²) < 4.78 is 1.74. The largest absolute Gasteiger partial charge is 0.319 e. The fourth-order valence-corrected chi connectivity index (χ4v) is 2.67. The van der Waals surface area contributed by atoms with Crippen molar-refractivity contribution in [1.29, 1.82) is 0 Å². The summed E-state index contributed by atoms with van der Waals surface area (Å²) in [6, 6.07) is 19.6. The van der Waals surface area contributed by atoms with Crippen molar-refractivity contribution in [2.45, 2.75) is 6.54 Å². The predicted molar refractivity (Wildman–Crippen MR) is 103 cm³/mol. The van der Waals surface area contributed by atoms with Gasteiger partial charge in [-0.25, -0.2) is 9.97 Å². The SMILES string of the molecule is O=C(Nc1cnc(-c2ccccc2)nc1)c1cnn(Cc2ccccc2)c1. The summed E-state index contributed by atoms with van der Waals surface area (Å²) in [5.74, 6) is 0.370. The first kappa shape index (κ1) is 16.7. The van der Waals surface area contributed by atoms with Gasteiger partial charge in [0.15, 0.2) is 5.82 Å². The number of benzene rings is 2. The highest BCUT2D eigenvalue weighted by Crippen LogP contribution is 2.15. The zero-order valence-corrected chi connectivity index (χ0v) is 14.5. The highest BCUT2D eigenvalue weighted by molar-refractivity contribution is 6.03. The standard InChI is InChI=1S/C21H17N5O/c27-21(18-11-24-26(15-18)14-16-7-3-1-4-8-16)25-19-12-22-20(23-13-19)17-9-5-2-6-10-17/h1-13,15H,14H2,(H,25,27). The monoisotopic (exact) mass is 355 g/mol. The molecule has 6 heteroatoms. The van der Waals surface area contributed by atoms with E-state index in [4.69, 9.17) is 0 Å². The summed E-state index contributed by atoms with van der Waals surface area (Å²) in [6.45, 7) is 0.614. The van der Waals surface area contributed by atoms with Crippen molar-refractivity contribution >= 4 is 11.6 Å². The van der Waals surface area contributed by atoms with Crippen molar-refractivity contribution in [3.63, 3.8) is 0 Å². The van der Waals surface area contributed by atoms with E-state index < -0.39 is 0 Å². The molecule has 0 aliphatic rings. The molecule has 0 saturated carbocycles. The lowest BCUT2D eigenvalue weighted by molar-refractivity contribution is 0.102. The van der Waals surface area contributed by atoms with Crippen molar-refractivity contribution in [3.8, 4) is 11.4 Å². The highest BCUT2D eigenvalue weighted by atomic mass is 16.1. The summed E-state index contributed by atoms with van der Waals surface area (Å²) in [7, 11) is 0. The van der Waals surface area contributed by atoms with Crippen LogP contribution in [0.3, 0.4) is 0 Å². The van der Waals surface area contributed by atoms with Crippen LogP contribution in [0.15, 0.2) is 85.5 Å². The Labute approximate surface area is 156 Å². The molecule has 0 radical (unpaired) electrons. The zero-order valence-electron chi connectivity index (χ0n) is 14.5. The summed E-state index contributed by atoms with van der Waals surface area (Å²) in [5.41, 5.74) is 3.07. The molecule has 6 nitrogen and oxygen atoms in total. The normalized spacial score (nSPS) is 10.5. The molecule has 0 atom stereocenters. The van der Waals surface area contributed by atoms with E-state index in [2.05, 4.69) is 20.4 Å². The molecule has 27 heavy (non-hydrogen) atoms. The van der Waals surface area contributed by atoms with E-state index in [1.807, 2.05) is 60.7 Å². The Morgan fingerprint density at radius 1 is 0.889 bits per heavy atom. The molecule has 0 fully saturated rings. The summed E-state index contributed by atoms with van der Waals surface area (Å²) in [5, 5.41) is 7.05. The van der Waals surface area contributed by atoms with E-state index >= 15 is 0 Å². The molecule has 0 bridgehead atoms. The molecule has 0 aliphatic carbocycles. The second-order valence-corrected chi connectivity index (χ2v) is 6.03. The predicted octanol–water partition coefficient (Wildman–Crippen LogP) is 3.64. The van der Waals surface area contributed by atoms with Crippen LogP contribution in [-0.2, 0) is 6.54 Å². The first-order chi connectivity index (χ1) is 13.3. The van der Waals surface area contributed by atoms with Crippen molar-refractivity contribution < 1.29 is 4.79 Å². The first-order valence-corrected chi connectivity index (χ1v) is 8.53. The Bertz CT molecular complexity index is 1030. The van der Waals surface area contributed by atoms with Gasteiger partial charge in [0.1, 0.15) is 0 Å². The molecule has 2 aromatic carbocycles. The van der Waals surface area contributed by atoms with Crippen LogP contribution in [0, 0.1) is 0 Å². The highest BCUT2D eigenvalue weighted by Gasteiger charge is 2.10. The van der Waals surface area contributed by atoms with Crippen molar-refractivity contribution in [2.75, 3.05) is 5.32 Å². The summed E-state index contributed by atoms with van der Waals surface area (Å²) in [4.78, 5) is 21.0. The van der Waals surface area contributed by atoms with E-state index in [-0.39, 0.29) is 5.91 Å². The third-order valence-electron chi connectivity index (χ3n) is 4.02. The Hall–Kier alpha value is -3.80. The van der Waals surface area contributed by atoms with Gasteiger partial charge in [-0.3, -0.25) is 9.48 Å². The number of amides is 1. The van der Waals surface area contributed by atoms with Gasteiger partial charge in [0.25, 0.3) is 5.91 Å². The number of nitrogens with zero attached hydrogens (tertiary/aromatic N) is 4. The minimum absolute atomic E-state index is 0.245. The van der Waals surface area contributed by atoms with Gasteiger partial charge in [-0.2, -0.15) is 5.10 Å². The van der Waals surface area contributed by atoms with E-state index in [0.717, 1.165) is 11.1 Å². The molecule has 1 amide bonds. The molecule has 0 spiro atoms. The number of anilines is 1. The van der Waals surface area contributed by atoms with Crippen molar-refractivity contribution in [3.05, 3.63) is 96.6 Å². The first-order valence-electron chi connectivity index (χ1n) is 8.53. The number of nitrogens with one attached hydrogen (secondary N) is 1. The van der Waals surface area contributed by atoms with Crippen LogP contribution in [0.2, 0.25) is 0 Å². The van der Waals surface area contributed by atoms with Gasteiger partial charge in [-0.05, 0) is 5.56 Å². The molecular formula is C21H17N5O. The average Bonchev–Trinajstić information content (AvgIpc) is 3.19. The van der Waals surface area contributed by atoms with Crippen molar-refractivity contribution in [1.82, 2.24) is 19.7 Å². The van der Waals surface area contributed by atoms with E-state index in [1.54, 1.807) is 29.5 Å². The summed E-state index contributed by atoms with van der Waals surface area (Å²) >= 11 is 0. The molecule has 2 heterocycles. The molecule has 0 unspecified atom stereocenters. The lowest BCUT2D eigenvalue weighted by Crippen LogP contribution is -2.11. The van der Waals surface area contributed by atoms with Gasteiger partial charge in [-0.15, -0.1) is 0 Å². The average molecular weight is 355 g/mol. The van der Waals surface area contributed by atoms with Crippen LogP contribution < -0.4 is 5.32 Å². The molecular weight excluding hydrogens is 338 g/mol. The van der Waals surface area contributed by atoms with Crippen LogP contribution in [0.1, 0.15) is 15.9 Å². The molecule has 0 aliphatic heterocycles. The van der Waals surface area contributed by atoms with Gasteiger partial charge < -0.3 is 5.32 Å². The van der Waals surface area contributed by atoms with Crippen molar-refractivity contribution in [2.24, 2.45) is 0 Å². The summed E-state index contributed by atoms with van der Waals surface area (Å²) in [6.07, 6.45) is 6.47. The van der Waals surface area contributed by atoms with Crippen LogP contribution in [0.25, 0.3) is 11.4 Å². The lowest BCUT2D eigenvalue weighted by Gasteiger charge is -2.04. The third kappa shape index (κ3) is 4.07. The van der Waals surface area contributed by atoms with Crippen LogP contribution in [0.5, 0.6) is 0 Å². The maximum absolute atomic E-state index is 12.4. The number of carbonyl (C=O) groups is 1. The third-order valence-corrected chi connectivity index (χ3v) is 4.02. The smallest absolute Gasteiger partial charge is 0.258 e. The topological polar surface area (TPSA) is 72.7 Å². The Morgan fingerprint density at radius 3 is 2.26 bits per heavy atom. The van der Waals surface area contributed by atoms with Gasteiger partial charge in [0.05, 0.1) is 36.4 Å². The Balaban J connectivity index is 1.42. The number of aromatic nitrogens is 4. The molecule has 2 aromatic heterocycles. The number of hydrogen-bond donors (Lipinski definition) is 1. The number of carbonyl (C=O) groups excluding carboxylic acids is 1. The van der Waals surface area contributed by atoms with Gasteiger partial charge in [0.2, 0.25) is 0 Å². The van der Waals surface area contributed by atoms with Crippen LogP contribution in [-0.4, -0.2) is 25.7 Å². The van der Waals surface area contributed by atoms with Gasteiger partial charge in [-0.1, -0.05) is 60.7 Å². The second-order valence-electron chi connectivity index (χ2n) is 6.03. The maximum atomic E-state index is 12.4. The molecule has 0 saturated heterocycles. The van der Waals surface area contributed by atoms with E-state index in [0.29, 0.717) is 23.6 Å². The molecule has 4 aromatic rings. The zero-order chi connectivity index (χ0) is 18.5. The Kier molecular flexibility index (Phi) is 4.70. The number of rotatable bonds is 5. The fraction of sp³-hybridized carbons (Fsp3) is 0.0476. The van der Waals surface area contributed by atoms with Crippen LogP contribution >= 0.6 is 0 Å². The molecule has 132 valence electrons. The Morgan fingerprint density at radius 2 is 1.56 bits per heavy atom. The minimum Gasteiger partial charge on any atom is -0.319 e. The number of hydrogen-bond acceptors (Lipinski definition) is 4. The lowest BCUT2D eigenvalue weighted by atomic mass is 10.2. The van der Waals surface area contributed by atoms with Crippen LogP contribution in [0.4, 0.5) is 5.69 Å².